The molecule has 0 aliphatic rings. The van der Waals surface area contributed by atoms with E-state index < -0.39 is 16.1 Å². The number of hydrogen-bond donors (Lipinski definition) is 1. The van der Waals surface area contributed by atoms with Gasteiger partial charge in [-0.25, -0.2) is 4.18 Å². The van der Waals surface area contributed by atoms with E-state index >= 15 is 0 Å². The number of carbonyl (C=O) groups excluding carboxylic acids is 1. The lowest BCUT2D eigenvalue weighted by Gasteiger charge is -2.17. The zero-order chi connectivity index (χ0) is 14.7. The Balaban J connectivity index is 2.86. The molecule has 1 N–H and O–H groups in total. The van der Waals surface area contributed by atoms with Gasteiger partial charge in [0.1, 0.15) is 6.29 Å². The average molecular weight is 288 g/mol. The second kappa shape index (κ2) is 5.58. The van der Waals surface area contributed by atoms with Gasteiger partial charge in [0, 0.05) is 5.56 Å². The number of aldehydes is 1. The van der Waals surface area contributed by atoms with Gasteiger partial charge in [-0.2, -0.15) is 8.42 Å². The summed E-state index contributed by atoms with van der Waals surface area (Å²) in [4.78, 5) is 10.6. The summed E-state index contributed by atoms with van der Waals surface area (Å²) in [6, 6.07) is 3.61. The summed E-state index contributed by atoms with van der Waals surface area (Å²) in [5.41, 5.74) is -0.179. The molecule has 0 radical (unpaired) electrons. The fourth-order valence-corrected chi connectivity index (χ4v) is 1.95. The molecule has 0 amide bonds. The molecule has 106 valence electrons. The van der Waals surface area contributed by atoms with E-state index in [1.165, 1.54) is 12.1 Å². The molecule has 19 heavy (non-hydrogen) atoms. The highest BCUT2D eigenvalue weighted by molar-refractivity contribution is 7.82. The van der Waals surface area contributed by atoms with Crippen molar-refractivity contribution in [2.45, 2.75) is 20.8 Å². The van der Waals surface area contributed by atoms with Gasteiger partial charge in [-0.05, 0) is 23.6 Å². The van der Waals surface area contributed by atoms with E-state index in [-0.39, 0.29) is 23.3 Å². The van der Waals surface area contributed by atoms with Crippen molar-refractivity contribution in [3.05, 3.63) is 23.8 Å². The highest BCUT2D eigenvalue weighted by Gasteiger charge is 2.21. The number of benzene rings is 1. The Labute approximate surface area is 112 Å². The quantitative estimate of drug-likeness (QED) is 0.832. The van der Waals surface area contributed by atoms with Gasteiger partial charge in [0.25, 0.3) is 0 Å². The zero-order valence-corrected chi connectivity index (χ0v) is 11.7. The first-order chi connectivity index (χ1) is 8.63. The Kier molecular flexibility index (Phi) is 4.54. The van der Waals surface area contributed by atoms with E-state index in [0.717, 1.165) is 6.07 Å². The SMILES string of the molecule is CC(C)(C)COS(=O)(=O)Oc1cc(C=O)ccc1O. The van der Waals surface area contributed by atoms with E-state index in [9.17, 15) is 18.3 Å². The Bertz CT molecular complexity index is 556. The third kappa shape index (κ3) is 5.27. The van der Waals surface area contributed by atoms with Gasteiger partial charge in [-0.3, -0.25) is 4.79 Å². The number of rotatable bonds is 5. The maximum absolute atomic E-state index is 11.6. The molecule has 0 bridgehead atoms. The second-order valence-electron chi connectivity index (χ2n) is 5.16. The zero-order valence-electron chi connectivity index (χ0n) is 10.9. The lowest BCUT2D eigenvalue weighted by atomic mass is 9.99. The molecule has 0 saturated carbocycles. The van der Waals surface area contributed by atoms with Crippen molar-refractivity contribution in [3.63, 3.8) is 0 Å². The summed E-state index contributed by atoms with van der Waals surface area (Å²) in [5.74, 6) is -0.743. The second-order valence-corrected chi connectivity index (χ2v) is 6.38. The van der Waals surface area contributed by atoms with Gasteiger partial charge < -0.3 is 9.29 Å². The largest absolute Gasteiger partial charge is 0.504 e. The molecule has 1 aromatic rings. The Morgan fingerprint density at radius 3 is 2.47 bits per heavy atom. The van der Waals surface area contributed by atoms with Crippen LogP contribution in [0.1, 0.15) is 31.1 Å². The van der Waals surface area contributed by atoms with Crippen LogP contribution in [0.25, 0.3) is 0 Å². The molecule has 0 atom stereocenters. The van der Waals surface area contributed by atoms with Crippen LogP contribution in [0.2, 0.25) is 0 Å². The molecule has 0 aliphatic carbocycles. The molecule has 1 rings (SSSR count). The first-order valence-electron chi connectivity index (χ1n) is 5.50. The average Bonchev–Trinajstić information content (AvgIpc) is 2.29. The maximum atomic E-state index is 11.6. The number of aromatic hydroxyl groups is 1. The van der Waals surface area contributed by atoms with Crippen LogP contribution >= 0.6 is 0 Å². The van der Waals surface area contributed by atoms with Crippen molar-refractivity contribution in [2.24, 2.45) is 5.41 Å². The lowest BCUT2D eigenvalue weighted by Crippen LogP contribution is -2.21. The summed E-state index contributed by atoms with van der Waals surface area (Å²) in [7, 11) is -4.29. The van der Waals surface area contributed by atoms with Crippen LogP contribution in [0.4, 0.5) is 0 Å². The van der Waals surface area contributed by atoms with Crippen LogP contribution < -0.4 is 4.18 Å². The number of phenols is 1. The van der Waals surface area contributed by atoms with Crippen LogP contribution in [0.15, 0.2) is 18.2 Å². The number of phenolic OH excluding ortho intramolecular Hbond substituents is 1. The van der Waals surface area contributed by atoms with Crippen LogP contribution in [0.3, 0.4) is 0 Å². The molecule has 6 nitrogen and oxygen atoms in total. The third-order valence-corrected chi connectivity index (χ3v) is 2.74. The predicted molar refractivity (Wildman–Crippen MR) is 68.4 cm³/mol. The molecule has 0 unspecified atom stereocenters. The Hall–Kier alpha value is -1.60. The summed E-state index contributed by atoms with van der Waals surface area (Å²) in [5, 5.41) is 9.46. The van der Waals surface area contributed by atoms with Gasteiger partial charge in [0.05, 0.1) is 6.61 Å². The summed E-state index contributed by atoms with van der Waals surface area (Å²) < 4.78 is 32.4. The van der Waals surface area contributed by atoms with Crippen LogP contribution in [0, 0.1) is 5.41 Å². The van der Waals surface area contributed by atoms with E-state index in [1.807, 2.05) is 0 Å². The molecular formula is C12H16O6S. The summed E-state index contributed by atoms with van der Waals surface area (Å²) in [6.45, 7) is 5.33. The molecule has 1 aromatic carbocycles. The minimum Gasteiger partial charge on any atom is -0.504 e. The summed E-state index contributed by atoms with van der Waals surface area (Å²) >= 11 is 0. The van der Waals surface area contributed by atoms with Crippen molar-refractivity contribution in [3.8, 4) is 11.5 Å². The standard InChI is InChI=1S/C12H16O6S/c1-12(2,3)8-17-19(15,16)18-11-6-9(7-13)4-5-10(11)14/h4-7,14H,8H2,1-3H3. The lowest BCUT2D eigenvalue weighted by molar-refractivity contribution is 0.112. The molecule has 0 heterocycles. The van der Waals surface area contributed by atoms with Crippen LogP contribution in [-0.2, 0) is 14.6 Å². The normalized spacial score (nSPS) is 12.2. The number of carbonyl (C=O) groups is 1. The van der Waals surface area contributed by atoms with E-state index in [1.54, 1.807) is 20.8 Å². The fraction of sp³-hybridized carbons (Fsp3) is 0.417. The highest BCUT2D eigenvalue weighted by Crippen LogP contribution is 2.28. The molecule has 0 aliphatic heterocycles. The smallest absolute Gasteiger partial charge is 0.449 e. The van der Waals surface area contributed by atoms with Gasteiger partial charge >= 0.3 is 10.4 Å². The predicted octanol–water partition coefficient (Wildman–Crippen LogP) is 1.89. The first kappa shape index (κ1) is 15.5. The van der Waals surface area contributed by atoms with Gasteiger partial charge in [-0.15, -0.1) is 0 Å². The van der Waals surface area contributed by atoms with Crippen LogP contribution in [0.5, 0.6) is 11.5 Å². The Morgan fingerprint density at radius 2 is 1.95 bits per heavy atom. The summed E-state index contributed by atoms with van der Waals surface area (Å²) in [6.07, 6.45) is 0.509. The Morgan fingerprint density at radius 1 is 1.32 bits per heavy atom. The van der Waals surface area contributed by atoms with Crippen molar-refractivity contribution >= 4 is 16.7 Å². The molecule has 0 saturated heterocycles. The molecule has 7 heteroatoms. The molecule has 0 aromatic heterocycles. The van der Waals surface area contributed by atoms with Crippen molar-refractivity contribution in [2.75, 3.05) is 6.61 Å². The highest BCUT2D eigenvalue weighted by atomic mass is 32.3. The maximum Gasteiger partial charge on any atom is 0.449 e. The van der Waals surface area contributed by atoms with Gasteiger partial charge in [0.15, 0.2) is 11.5 Å². The van der Waals surface area contributed by atoms with E-state index in [4.69, 9.17) is 0 Å². The van der Waals surface area contributed by atoms with E-state index in [0.29, 0.717) is 6.29 Å². The molecule has 0 fully saturated rings. The molecular weight excluding hydrogens is 272 g/mol. The van der Waals surface area contributed by atoms with Gasteiger partial charge in [0.2, 0.25) is 0 Å². The van der Waals surface area contributed by atoms with Gasteiger partial charge in [-0.1, -0.05) is 20.8 Å². The fourth-order valence-electron chi connectivity index (χ4n) is 1.05. The van der Waals surface area contributed by atoms with Crippen LogP contribution in [-0.4, -0.2) is 26.4 Å². The minimum absolute atomic E-state index is 0.0660. The van der Waals surface area contributed by atoms with E-state index in [2.05, 4.69) is 8.37 Å². The van der Waals surface area contributed by atoms with Crippen molar-refractivity contribution in [1.82, 2.24) is 0 Å². The van der Waals surface area contributed by atoms with Crippen molar-refractivity contribution < 1.29 is 26.7 Å². The topological polar surface area (TPSA) is 89.9 Å². The first-order valence-corrected chi connectivity index (χ1v) is 6.83. The minimum atomic E-state index is -4.29. The monoisotopic (exact) mass is 288 g/mol. The third-order valence-electron chi connectivity index (χ3n) is 1.95. The van der Waals surface area contributed by atoms with Crippen molar-refractivity contribution in [1.29, 1.82) is 0 Å². The molecule has 0 spiro atoms. The number of hydrogen-bond acceptors (Lipinski definition) is 6.